The highest BCUT2D eigenvalue weighted by molar-refractivity contribution is 7.03. The van der Waals surface area contributed by atoms with E-state index in [1.807, 2.05) is 0 Å². The minimum atomic E-state index is -4.81. The van der Waals surface area contributed by atoms with Crippen LogP contribution < -0.4 is 10.2 Å². The van der Waals surface area contributed by atoms with E-state index in [2.05, 4.69) is 46.1 Å². The van der Waals surface area contributed by atoms with E-state index in [4.69, 9.17) is 0 Å². The van der Waals surface area contributed by atoms with E-state index in [1.54, 1.807) is 33.2 Å². The van der Waals surface area contributed by atoms with Crippen LogP contribution in [-0.2, 0) is 37.4 Å². The molecule has 5 aromatic heterocycles. The van der Waals surface area contributed by atoms with E-state index >= 15 is 4.39 Å². The quantitative estimate of drug-likeness (QED) is 0.185. The van der Waals surface area contributed by atoms with E-state index in [1.165, 1.54) is 28.0 Å². The monoisotopic (exact) mass is 748 g/mol. The first-order valence-electron chi connectivity index (χ1n) is 16.0. The van der Waals surface area contributed by atoms with Crippen molar-refractivity contribution in [1.29, 1.82) is 5.26 Å². The molecule has 0 aliphatic carbocycles. The molecular formula is C33H28F4N12O3S. The number of alkyl halides is 3. The Bertz CT molecular complexity index is 2500. The number of carbonyl (C=O) groups excluding carboxylic acids is 2. The van der Waals surface area contributed by atoms with Gasteiger partial charge in [-0.3, -0.25) is 33.8 Å². The third-order valence-electron chi connectivity index (χ3n) is 8.77. The maximum atomic E-state index is 15.7. The molecule has 3 N–H and O–H groups in total. The molecule has 0 fully saturated rings. The number of hydrogen-bond donors (Lipinski definition) is 3. The number of nitriles is 1. The lowest BCUT2D eigenvalue weighted by Gasteiger charge is -2.37. The summed E-state index contributed by atoms with van der Waals surface area (Å²) in [5.74, 6) is -2.39. The van der Waals surface area contributed by atoms with Gasteiger partial charge in [-0.15, -0.1) is 0 Å². The molecular weight excluding hydrogens is 721 g/mol. The van der Waals surface area contributed by atoms with Crippen molar-refractivity contribution in [2.75, 3.05) is 6.54 Å². The zero-order chi connectivity index (χ0) is 37.8. The summed E-state index contributed by atoms with van der Waals surface area (Å²) in [7, 11) is 1.68. The lowest BCUT2D eigenvalue weighted by atomic mass is 9.89. The van der Waals surface area contributed by atoms with Crippen molar-refractivity contribution < 1.29 is 27.2 Å². The molecule has 53 heavy (non-hydrogen) atoms. The number of benzene rings is 1. The lowest BCUT2D eigenvalue weighted by Crippen LogP contribution is -2.58. The topological polar surface area (TPSA) is 196 Å². The molecule has 0 spiro atoms. The Morgan fingerprint density at radius 2 is 1.98 bits per heavy atom. The van der Waals surface area contributed by atoms with Crippen molar-refractivity contribution in [3.05, 3.63) is 86.3 Å². The number of hydrogen-bond acceptors (Lipinski definition) is 10. The Morgan fingerprint density at radius 1 is 1.19 bits per heavy atom. The number of rotatable bonds is 9. The highest BCUT2D eigenvalue weighted by Gasteiger charge is 2.40. The molecule has 7 rings (SSSR count). The van der Waals surface area contributed by atoms with Crippen LogP contribution in [0.25, 0.3) is 33.8 Å². The fourth-order valence-electron chi connectivity index (χ4n) is 6.46. The Morgan fingerprint density at radius 3 is 2.66 bits per heavy atom. The Hall–Kier alpha value is -6.23. The number of nitrogens with zero attached hydrogens (tertiary/aromatic N) is 9. The molecule has 1 aliphatic rings. The van der Waals surface area contributed by atoms with Gasteiger partial charge in [-0.25, -0.2) is 9.37 Å². The summed E-state index contributed by atoms with van der Waals surface area (Å²) in [4.78, 5) is 47.9. The van der Waals surface area contributed by atoms with Crippen LogP contribution in [0.1, 0.15) is 46.6 Å². The van der Waals surface area contributed by atoms with Gasteiger partial charge in [-0.05, 0) is 55.7 Å². The zero-order valence-corrected chi connectivity index (χ0v) is 28.9. The van der Waals surface area contributed by atoms with E-state index in [9.17, 15) is 32.8 Å². The van der Waals surface area contributed by atoms with Crippen molar-refractivity contribution in [3.63, 3.8) is 0 Å². The zero-order valence-electron chi connectivity index (χ0n) is 28.1. The van der Waals surface area contributed by atoms with Crippen LogP contribution in [0.2, 0.25) is 0 Å². The van der Waals surface area contributed by atoms with E-state index in [0.717, 1.165) is 16.8 Å². The lowest BCUT2D eigenvalue weighted by molar-refractivity contribution is -0.141. The number of H-pyrrole nitrogens is 2. The van der Waals surface area contributed by atoms with Gasteiger partial charge < -0.3 is 10.2 Å². The average Bonchev–Trinajstić information content (AvgIpc) is 3.90. The molecule has 1 atom stereocenters. The van der Waals surface area contributed by atoms with E-state index in [0.29, 0.717) is 39.3 Å². The van der Waals surface area contributed by atoms with Gasteiger partial charge in [0.05, 0.1) is 46.8 Å². The van der Waals surface area contributed by atoms with Gasteiger partial charge >= 0.3 is 11.0 Å². The number of aryl methyl sites for hydroxylation is 1. The summed E-state index contributed by atoms with van der Waals surface area (Å²) < 4.78 is 63.2. The van der Waals surface area contributed by atoms with Crippen LogP contribution >= 0.6 is 11.5 Å². The minimum Gasteiger partial charge on any atom is -0.348 e. The Kier molecular flexibility index (Phi) is 8.68. The molecule has 20 heteroatoms. The van der Waals surface area contributed by atoms with Crippen LogP contribution in [0.5, 0.6) is 0 Å². The smallest absolute Gasteiger partial charge is 0.348 e. The Balaban J connectivity index is 1.22. The predicted molar refractivity (Wildman–Crippen MR) is 181 cm³/mol. The van der Waals surface area contributed by atoms with Crippen LogP contribution in [0, 0.1) is 17.1 Å². The van der Waals surface area contributed by atoms with Crippen LogP contribution in [0.15, 0.2) is 47.7 Å². The van der Waals surface area contributed by atoms with Crippen molar-refractivity contribution >= 4 is 34.4 Å². The standard InChI is InChI=1S/C33H28F4N12O3S/c1-32(2,15-49-23(28-42-31(52)53-46-28)10-25(45-49)33(35,36)37)43-29(50)24(8-16-12-40-47(3)14-16)48-7-6-18-19(4-5-20(34)26(18)30(48)51)27-17(11-38)9-21-22(41-27)13-39-44-21/h4-5,9-10,12-14,24H,6-8,15H2,1-3H3,(H,39,44)(H,43,50)(H,42,46,52). The maximum absolute atomic E-state index is 15.7. The first-order chi connectivity index (χ1) is 25.1. The summed E-state index contributed by atoms with van der Waals surface area (Å²) in [5, 5.41) is 27.3. The largest absolute Gasteiger partial charge is 0.435 e. The normalized spacial score (nSPS) is 14.0. The highest BCUT2D eigenvalue weighted by Crippen LogP contribution is 2.35. The number of nitrogens with one attached hydrogen (secondary N) is 3. The Labute approximate surface area is 300 Å². The molecule has 6 heterocycles. The first-order valence-corrected chi connectivity index (χ1v) is 16.8. The molecule has 1 unspecified atom stereocenters. The van der Waals surface area contributed by atoms with Crippen molar-refractivity contribution in [2.45, 2.75) is 51.0 Å². The molecule has 0 radical (unpaired) electrons. The molecule has 0 bridgehead atoms. The molecule has 0 saturated carbocycles. The summed E-state index contributed by atoms with van der Waals surface area (Å²) in [6.07, 6.45) is -0.0629. The fourth-order valence-corrected chi connectivity index (χ4v) is 6.91. The number of aromatic amines is 2. The van der Waals surface area contributed by atoms with E-state index < -0.39 is 46.0 Å². The van der Waals surface area contributed by atoms with Gasteiger partial charge in [0, 0.05) is 43.3 Å². The van der Waals surface area contributed by atoms with Crippen molar-refractivity contribution in [1.82, 2.24) is 54.3 Å². The molecule has 15 nitrogen and oxygen atoms in total. The third kappa shape index (κ3) is 6.77. The first kappa shape index (κ1) is 35.2. The van der Waals surface area contributed by atoms with Crippen molar-refractivity contribution in [2.24, 2.45) is 7.05 Å². The number of pyridine rings is 1. The number of fused-ring (bicyclic) bond motifs is 2. The maximum Gasteiger partial charge on any atom is 0.435 e. The van der Waals surface area contributed by atoms with Crippen molar-refractivity contribution in [3.8, 4) is 28.8 Å². The summed E-state index contributed by atoms with van der Waals surface area (Å²) in [6.45, 7) is 2.80. The molecule has 272 valence electrons. The molecule has 1 aliphatic heterocycles. The molecule has 2 amide bonds. The number of halogens is 4. The highest BCUT2D eigenvalue weighted by atomic mass is 32.1. The van der Waals surface area contributed by atoms with E-state index in [-0.39, 0.29) is 54.3 Å². The van der Waals surface area contributed by atoms with Crippen LogP contribution in [0.4, 0.5) is 17.6 Å². The number of amides is 2. The second-order valence-electron chi connectivity index (χ2n) is 13.1. The third-order valence-corrected chi connectivity index (χ3v) is 9.31. The minimum absolute atomic E-state index is 0.0215. The second-order valence-corrected chi connectivity index (χ2v) is 13.9. The fraction of sp³-hybridized carbons (Fsp3) is 0.303. The van der Waals surface area contributed by atoms with Gasteiger partial charge in [0.2, 0.25) is 5.91 Å². The summed E-state index contributed by atoms with van der Waals surface area (Å²) in [6, 6.07) is 5.79. The van der Waals surface area contributed by atoms with Gasteiger partial charge in [-0.1, -0.05) is 0 Å². The van der Waals surface area contributed by atoms with Gasteiger partial charge in [0.1, 0.15) is 29.1 Å². The summed E-state index contributed by atoms with van der Waals surface area (Å²) in [5.41, 5.74) is -0.178. The van der Waals surface area contributed by atoms with Crippen LogP contribution in [-0.4, -0.2) is 78.9 Å². The van der Waals surface area contributed by atoms with Gasteiger partial charge in [-0.2, -0.15) is 38.1 Å². The average molecular weight is 749 g/mol. The summed E-state index contributed by atoms with van der Waals surface area (Å²) >= 11 is 0.528. The number of aromatic nitrogens is 9. The second kappa shape index (κ2) is 13.1. The number of carbonyl (C=O) groups is 2. The van der Waals surface area contributed by atoms with Gasteiger partial charge in [0.15, 0.2) is 11.5 Å². The molecule has 1 aromatic carbocycles. The van der Waals surface area contributed by atoms with Gasteiger partial charge in [0.25, 0.3) is 5.91 Å². The SMILES string of the molecule is Cn1cc(CC(C(=O)NC(C)(C)Cn2nc(C(F)(F)F)cc2-c2nsc(=O)[nH]2)N2CCc3c(-c4nc5cn[nH]c5cc4C#N)ccc(F)c3C2=O)cn1. The molecule has 0 saturated heterocycles. The van der Waals surface area contributed by atoms with Crippen LogP contribution in [0.3, 0.4) is 0 Å². The predicted octanol–water partition coefficient (Wildman–Crippen LogP) is 3.60. The molecule has 6 aromatic rings.